The zero-order chi connectivity index (χ0) is 8.65. The van der Waals surface area contributed by atoms with E-state index in [4.69, 9.17) is 5.11 Å². The first-order chi connectivity index (χ1) is 4.92. The van der Waals surface area contributed by atoms with Gasteiger partial charge in [0.05, 0.1) is 5.75 Å². The molecule has 1 fully saturated rings. The van der Waals surface area contributed by atoms with E-state index in [2.05, 4.69) is 0 Å². The van der Waals surface area contributed by atoms with Crippen LogP contribution in [0.15, 0.2) is 0 Å². The Morgan fingerprint density at radius 3 is 2.36 bits per heavy atom. The molecule has 1 atom stereocenters. The lowest BCUT2D eigenvalue weighted by Crippen LogP contribution is -2.34. The summed E-state index contributed by atoms with van der Waals surface area (Å²) >= 11 is 0. The van der Waals surface area contributed by atoms with Crippen molar-refractivity contribution in [3.8, 4) is 0 Å². The third-order valence-corrected chi connectivity index (χ3v) is 3.25. The molecule has 1 aliphatic heterocycles. The van der Waals surface area contributed by atoms with Crippen LogP contribution in [0.1, 0.15) is 0 Å². The summed E-state index contributed by atoms with van der Waals surface area (Å²) in [4.78, 5) is 11.7. The highest BCUT2D eigenvalue weighted by Crippen LogP contribution is 2.12. The van der Waals surface area contributed by atoms with Gasteiger partial charge in [0, 0.05) is 0 Å². The molecule has 0 aliphatic carbocycles. The van der Waals surface area contributed by atoms with Crippen LogP contribution in [0, 0.1) is 0 Å². The summed E-state index contributed by atoms with van der Waals surface area (Å²) in [6.45, 7) is 0. The largest absolute Gasteiger partial charge is 0.480 e. The van der Waals surface area contributed by atoms with Crippen molar-refractivity contribution in [3.63, 3.8) is 0 Å². The Labute approximate surface area is 64.5 Å². The van der Waals surface area contributed by atoms with Crippen molar-refractivity contribution in [2.45, 2.75) is 6.04 Å². The van der Waals surface area contributed by atoms with Crippen molar-refractivity contribution >= 4 is 15.8 Å². The first-order valence-electron chi connectivity index (χ1n) is 3.06. The number of hydrogen-bond donors (Lipinski definition) is 1. The Morgan fingerprint density at radius 1 is 1.64 bits per heavy atom. The molecule has 1 aliphatic rings. The van der Waals surface area contributed by atoms with E-state index in [-0.39, 0.29) is 11.6 Å². The minimum Gasteiger partial charge on any atom is -0.480 e. The fourth-order valence-corrected chi connectivity index (χ4v) is 2.86. The Balaban J connectivity index is 2.83. The van der Waals surface area contributed by atoms with E-state index in [0.717, 1.165) is 0 Å². The standard InChI is InChI=1S/C5H9NO4S/c1-6-3-11(9,10)2-4(6)5(7)8/h4H,2-3H2,1H3,(H,7,8)/t4-/m0/s1. The van der Waals surface area contributed by atoms with Gasteiger partial charge >= 0.3 is 5.97 Å². The van der Waals surface area contributed by atoms with Crippen molar-refractivity contribution in [2.24, 2.45) is 0 Å². The number of aliphatic carboxylic acids is 1. The minimum atomic E-state index is -3.14. The molecule has 1 saturated heterocycles. The van der Waals surface area contributed by atoms with E-state index in [1.54, 1.807) is 0 Å². The van der Waals surface area contributed by atoms with Crippen LogP contribution < -0.4 is 0 Å². The van der Waals surface area contributed by atoms with E-state index in [1.807, 2.05) is 0 Å². The van der Waals surface area contributed by atoms with Crippen molar-refractivity contribution < 1.29 is 18.3 Å². The van der Waals surface area contributed by atoms with Crippen LogP contribution in [0.4, 0.5) is 0 Å². The van der Waals surface area contributed by atoms with Crippen LogP contribution in [0.5, 0.6) is 0 Å². The molecule has 0 aromatic heterocycles. The van der Waals surface area contributed by atoms with Crippen LogP contribution in [0.3, 0.4) is 0 Å². The van der Waals surface area contributed by atoms with E-state index in [0.29, 0.717) is 0 Å². The van der Waals surface area contributed by atoms with Crippen molar-refractivity contribution in [1.29, 1.82) is 0 Å². The van der Waals surface area contributed by atoms with Gasteiger partial charge < -0.3 is 5.11 Å². The number of carbonyl (C=O) groups is 1. The molecule has 1 heterocycles. The molecule has 0 aromatic rings. The van der Waals surface area contributed by atoms with E-state index in [1.165, 1.54) is 11.9 Å². The predicted octanol–water partition coefficient (Wildman–Crippen LogP) is -1.24. The van der Waals surface area contributed by atoms with Gasteiger partial charge in [-0.15, -0.1) is 0 Å². The molecule has 0 unspecified atom stereocenters. The fourth-order valence-electron chi connectivity index (χ4n) is 1.08. The third kappa shape index (κ3) is 1.69. The first-order valence-corrected chi connectivity index (χ1v) is 4.88. The second kappa shape index (κ2) is 2.46. The second-order valence-corrected chi connectivity index (χ2v) is 4.73. The topological polar surface area (TPSA) is 74.7 Å². The van der Waals surface area contributed by atoms with Gasteiger partial charge in [0.15, 0.2) is 9.84 Å². The molecule has 64 valence electrons. The monoisotopic (exact) mass is 179 g/mol. The Morgan fingerprint density at radius 2 is 2.18 bits per heavy atom. The number of nitrogens with zero attached hydrogens (tertiary/aromatic N) is 1. The lowest BCUT2D eigenvalue weighted by atomic mass is 10.3. The SMILES string of the molecule is CN1CS(=O)(=O)C[C@H]1C(=O)O. The summed E-state index contributed by atoms with van der Waals surface area (Å²) < 4.78 is 21.7. The number of rotatable bonds is 1. The summed E-state index contributed by atoms with van der Waals surface area (Å²) in [5.41, 5.74) is 0. The van der Waals surface area contributed by atoms with Gasteiger partial charge in [-0.1, -0.05) is 0 Å². The normalized spacial score (nSPS) is 30.5. The van der Waals surface area contributed by atoms with E-state index >= 15 is 0 Å². The third-order valence-electron chi connectivity index (χ3n) is 1.63. The number of carboxylic acid groups (broad SMARTS) is 1. The number of hydrogen-bond acceptors (Lipinski definition) is 4. The molecule has 5 nitrogen and oxygen atoms in total. The average molecular weight is 179 g/mol. The Kier molecular flexibility index (Phi) is 1.89. The van der Waals surface area contributed by atoms with Gasteiger partial charge in [0.1, 0.15) is 11.9 Å². The maximum absolute atomic E-state index is 10.9. The molecule has 0 radical (unpaired) electrons. The highest BCUT2D eigenvalue weighted by molar-refractivity contribution is 7.91. The lowest BCUT2D eigenvalue weighted by molar-refractivity contribution is -0.141. The smallest absolute Gasteiger partial charge is 0.322 e. The van der Waals surface area contributed by atoms with Crippen LogP contribution in [0.25, 0.3) is 0 Å². The molecular formula is C5H9NO4S. The van der Waals surface area contributed by atoms with E-state index < -0.39 is 21.8 Å². The maximum Gasteiger partial charge on any atom is 0.322 e. The second-order valence-electron chi connectivity index (χ2n) is 2.65. The van der Waals surface area contributed by atoms with Crippen LogP contribution in [-0.4, -0.2) is 49.1 Å². The molecule has 0 amide bonds. The van der Waals surface area contributed by atoms with Gasteiger partial charge in [0.25, 0.3) is 0 Å². The molecule has 0 saturated carbocycles. The Hall–Kier alpha value is -0.620. The first kappa shape index (κ1) is 8.48. The van der Waals surface area contributed by atoms with Crippen LogP contribution >= 0.6 is 0 Å². The van der Waals surface area contributed by atoms with Gasteiger partial charge in [0.2, 0.25) is 0 Å². The summed E-state index contributed by atoms with van der Waals surface area (Å²) in [7, 11) is -1.66. The summed E-state index contributed by atoms with van der Waals surface area (Å²) in [6, 6.07) is -0.861. The van der Waals surface area contributed by atoms with Gasteiger partial charge in [-0.3, -0.25) is 9.69 Å². The quantitative estimate of drug-likeness (QED) is 0.544. The van der Waals surface area contributed by atoms with Gasteiger partial charge in [-0.2, -0.15) is 0 Å². The minimum absolute atomic E-state index is 0.149. The van der Waals surface area contributed by atoms with Gasteiger partial charge in [-0.25, -0.2) is 8.42 Å². The average Bonchev–Trinajstić information content (AvgIpc) is 2.05. The zero-order valence-corrected chi connectivity index (χ0v) is 6.84. The molecule has 0 aromatic carbocycles. The lowest BCUT2D eigenvalue weighted by Gasteiger charge is -2.10. The summed E-state index contributed by atoms with van der Waals surface area (Å²) in [5.74, 6) is -1.49. The Bertz CT molecular complexity index is 270. The molecular weight excluding hydrogens is 170 g/mol. The molecule has 6 heteroatoms. The maximum atomic E-state index is 10.9. The number of carboxylic acids is 1. The molecule has 0 bridgehead atoms. The van der Waals surface area contributed by atoms with Crippen LogP contribution in [0.2, 0.25) is 0 Å². The highest BCUT2D eigenvalue weighted by atomic mass is 32.2. The van der Waals surface area contributed by atoms with Crippen molar-refractivity contribution in [3.05, 3.63) is 0 Å². The molecule has 11 heavy (non-hydrogen) atoms. The molecule has 0 spiro atoms. The molecule has 1 rings (SSSR count). The summed E-state index contributed by atoms with van der Waals surface area (Å²) in [5, 5.41) is 8.51. The van der Waals surface area contributed by atoms with Crippen molar-refractivity contribution in [1.82, 2.24) is 4.90 Å². The van der Waals surface area contributed by atoms with Crippen molar-refractivity contribution in [2.75, 3.05) is 18.7 Å². The predicted molar refractivity (Wildman–Crippen MR) is 37.8 cm³/mol. The van der Waals surface area contributed by atoms with Crippen LogP contribution in [-0.2, 0) is 14.6 Å². The summed E-state index contributed by atoms with van der Waals surface area (Å²) in [6.07, 6.45) is 0. The zero-order valence-electron chi connectivity index (χ0n) is 6.02. The number of sulfone groups is 1. The highest BCUT2D eigenvalue weighted by Gasteiger charge is 2.37. The molecule has 1 N–H and O–H groups in total. The number of likely N-dealkylation sites (N-methyl/N-ethyl adjacent to an activating group) is 1. The van der Waals surface area contributed by atoms with E-state index in [9.17, 15) is 13.2 Å². The fraction of sp³-hybridized carbons (Fsp3) is 0.800. The van der Waals surface area contributed by atoms with Gasteiger partial charge in [-0.05, 0) is 7.05 Å².